The number of halogens is 1. The average Bonchev–Trinajstić information content (AvgIpc) is 2.47. The van der Waals surface area contributed by atoms with Gasteiger partial charge in [0.05, 0.1) is 6.61 Å². The van der Waals surface area contributed by atoms with Gasteiger partial charge in [-0.15, -0.1) is 12.4 Å². The van der Waals surface area contributed by atoms with Gasteiger partial charge in [-0.05, 0) is 36.5 Å². The molecule has 1 heterocycles. The number of ether oxygens (including phenoxy) is 1. The molecule has 1 fully saturated rings. The molecule has 0 aliphatic carbocycles. The summed E-state index contributed by atoms with van der Waals surface area (Å²) in [6.45, 7) is 4.14. The zero-order chi connectivity index (χ0) is 14.5. The van der Waals surface area contributed by atoms with Crippen molar-refractivity contribution in [3.05, 3.63) is 35.4 Å². The van der Waals surface area contributed by atoms with Crippen molar-refractivity contribution in [1.82, 2.24) is 4.90 Å². The summed E-state index contributed by atoms with van der Waals surface area (Å²) in [5.74, 6) is 0.744. The molecule has 1 aromatic rings. The van der Waals surface area contributed by atoms with E-state index in [1.807, 2.05) is 29.2 Å². The maximum Gasteiger partial charge on any atom is 0.254 e. The Bertz CT molecular complexity index is 450. The van der Waals surface area contributed by atoms with Gasteiger partial charge >= 0.3 is 0 Å². The topological polar surface area (TPSA) is 55.6 Å². The van der Waals surface area contributed by atoms with Gasteiger partial charge < -0.3 is 15.4 Å². The first kappa shape index (κ1) is 18.0. The first-order valence-electron chi connectivity index (χ1n) is 7.24. The lowest BCUT2D eigenvalue weighted by Gasteiger charge is -2.38. The van der Waals surface area contributed by atoms with E-state index in [1.54, 1.807) is 7.11 Å². The second-order valence-corrected chi connectivity index (χ2v) is 5.65. The highest BCUT2D eigenvalue weighted by Gasteiger charge is 2.29. The molecule has 1 aliphatic rings. The van der Waals surface area contributed by atoms with Gasteiger partial charge in [0.2, 0.25) is 0 Å². The standard InChI is InChI=1S/C16H24N2O2.ClH/c1-12-7-8-18(15(9-12)10-17)16(19)14-5-3-13(4-6-14)11-20-2;/h3-6,12,15H,7-11,17H2,1-2H3;1H. The Kier molecular flexibility index (Phi) is 7.15. The Hall–Kier alpha value is -1.10. The van der Waals surface area contributed by atoms with Crippen LogP contribution in [0.2, 0.25) is 0 Å². The lowest BCUT2D eigenvalue weighted by atomic mass is 9.92. The molecular weight excluding hydrogens is 288 g/mol. The molecule has 2 unspecified atom stereocenters. The van der Waals surface area contributed by atoms with Crippen molar-refractivity contribution in [2.75, 3.05) is 20.2 Å². The summed E-state index contributed by atoms with van der Waals surface area (Å²) in [6, 6.07) is 7.82. The highest BCUT2D eigenvalue weighted by Crippen LogP contribution is 2.23. The maximum atomic E-state index is 12.6. The van der Waals surface area contributed by atoms with Crippen molar-refractivity contribution >= 4 is 18.3 Å². The molecule has 2 atom stereocenters. The normalized spacial score (nSPS) is 21.8. The van der Waals surface area contributed by atoms with E-state index in [1.165, 1.54) is 0 Å². The summed E-state index contributed by atoms with van der Waals surface area (Å²) in [4.78, 5) is 14.5. The molecular formula is C16H25ClN2O2. The lowest BCUT2D eigenvalue weighted by Crippen LogP contribution is -2.49. The molecule has 1 aromatic carbocycles. The SMILES string of the molecule is COCc1ccc(C(=O)N2CCC(C)CC2CN)cc1.Cl. The van der Waals surface area contributed by atoms with Crippen LogP contribution in [-0.4, -0.2) is 37.0 Å². The van der Waals surface area contributed by atoms with Crippen LogP contribution in [0.5, 0.6) is 0 Å². The summed E-state index contributed by atoms with van der Waals surface area (Å²) in [5.41, 5.74) is 7.63. The van der Waals surface area contributed by atoms with Crippen LogP contribution in [0.1, 0.15) is 35.7 Å². The third kappa shape index (κ3) is 4.43. The van der Waals surface area contributed by atoms with Gasteiger partial charge in [-0.25, -0.2) is 0 Å². The monoisotopic (exact) mass is 312 g/mol. The molecule has 0 saturated carbocycles. The predicted molar refractivity (Wildman–Crippen MR) is 86.7 cm³/mol. The number of rotatable bonds is 4. The van der Waals surface area contributed by atoms with E-state index in [0.717, 1.165) is 30.5 Å². The fourth-order valence-corrected chi connectivity index (χ4v) is 2.82. The summed E-state index contributed by atoms with van der Waals surface area (Å²) in [7, 11) is 1.67. The van der Waals surface area contributed by atoms with E-state index in [-0.39, 0.29) is 24.4 Å². The van der Waals surface area contributed by atoms with Gasteiger partial charge in [0.1, 0.15) is 0 Å². The summed E-state index contributed by atoms with van der Waals surface area (Å²) in [6.07, 6.45) is 2.06. The van der Waals surface area contributed by atoms with Gasteiger partial charge in [-0.1, -0.05) is 19.1 Å². The van der Waals surface area contributed by atoms with E-state index < -0.39 is 0 Å². The average molecular weight is 313 g/mol. The minimum atomic E-state index is 0. The van der Waals surface area contributed by atoms with Crippen molar-refractivity contribution in [2.24, 2.45) is 11.7 Å². The number of piperidine rings is 1. The van der Waals surface area contributed by atoms with E-state index in [0.29, 0.717) is 19.1 Å². The number of hydrogen-bond acceptors (Lipinski definition) is 3. The van der Waals surface area contributed by atoms with Gasteiger partial charge in [0.25, 0.3) is 5.91 Å². The molecule has 21 heavy (non-hydrogen) atoms. The predicted octanol–water partition coefficient (Wildman–Crippen LogP) is 2.45. The Balaban J connectivity index is 0.00000220. The molecule has 0 bridgehead atoms. The zero-order valence-corrected chi connectivity index (χ0v) is 13.6. The smallest absolute Gasteiger partial charge is 0.254 e. The second-order valence-electron chi connectivity index (χ2n) is 5.65. The van der Waals surface area contributed by atoms with Gasteiger partial charge in [0, 0.05) is 31.8 Å². The van der Waals surface area contributed by atoms with Crippen LogP contribution in [0.3, 0.4) is 0 Å². The number of likely N-dealkylation sites (tertiary alicyclic amines) is 1. The number of carbonyl (C=O) groups excluding carboxylic acids is 1. The number of hydrogen-bond donors (Lipinski definition) is 1. The highest BCUT2D eigenvalue weighted by atomic mass is 35.5. The van der Waals surface area contributed by atoms with E-state index >= 15 is 0 Å². The first-order chi connectivity index (χ1) is 9.65. The van der Waals surface area contributed by atoms with E-state index in [4.69, 9.17) is 10.5 Å². The number of amides is 1. The maximum absolute atomic E-state index is 12.6. The molecule has 2 rings (SSSR count). The Morgan fingerprint density at radius 1 is 1.38 bits per heavy atom. The van der Waals surface area contributed by atoms with Gasteiger partial charge in [-0.3, -0.25) is 4.79 Å². The van der Waals surface area contributed by atoms with Crippen molar-refractivity contribution < 1.29 is 9.53 Å². The Morgan fingerprint density at radius 3 is 2.62 bits per heavy atom. The van der Waals surface area contributed by atoms with E-state index in [9.17, 15) is 4.79 Å². The quantitative estimate of drug-likeness (QED) is 0.929. The molecule has 2 N–H and O–H groups in total. The molecule has 1 saturated heterocycles. The highest BCUT2D eigenvalue weighted by molar-refractivity contribution is 5.94. The number of methoxy groups -OCH3 is 1. The Labute approximate surface area is 133 Å². The van der Waals surface area contributed by atoms with Crippen molar-refractivity contribution in [3.63, 3.8) is 0 Å². The van der Waals surface area contributed by atoms with E-state index in [2.05, 4.69) is 6.92 Å². The van der Waals surface area contributed by atoms with Crippen molar-refractivity contribution in [1.29, 1.82) is 0 Å². The van der Waals surface area contributed by atoms with Gasteiger partial charge in [0.15, 0.2) is 0 Å². The number of carbonyl (C=O) groups is 1. The van der Waals surface area contributed by atoms with Crippen molar-refractivity contribution in [3.8, 4) is 0 Å². The third-order valence-electron chi connectivity index (χ3n) is 4.02. The van der Waals surface area contributed by atoms with Crippen LogP contribution >= 0.6 is 12.4 Å². The fourth-order valence-electron chi connectivity index (χ4n) is 2.82. The zero-order valence-electron chi connectivity index (χ0n) is 12.7. The fraction of sp³-hybridized carbons (Fsp3) is 0.562. The summed E-state index contributed by atoms with van der Waals surface area (Å²) >= 11 is 0. The summed E-state index contributed by atoms with van der Waals surface area (Å²) in [5, 5.41) is 0. The summed E-state index contributed by atoms with van der Waals surface area (Å²) < 4.78 is 5.08. The van der Waals surface area contributed by atoms with Crippen LogP contribution in [0, 0.1) is 5.92 Å². The Morgan fingerprint density at radius 2 is 2.05 bits per heavy atom. The van der Waals surface area contributed by atoms with Gasteiger partial charge in [-0.2, -0.15) is 0 Å². The molecule has 4 nitrogen and oxygen atoms in total. The third-order valence-corrected chi connectivity index (χ3v) is 4.02. The minimum absolute atomic E-state index is 0. The molecule has 5 heteroatoms. The van der Waals surface area contributed by atoms with Crippen LogP contribution in [0.4, 0.5) is 0 Å². The molecule has 1 amide bonds. The minimum Gasteiger partial charge on any atom is -0.380 e. The largest absolute Gasteiger partial charge is 0.380 e. The van der Waals surface area contributed by atoms with Crippen LogP contribution < -0.4 is 5.73 Å². The molecule has 1 aliphatic heterocycles. The molecule has 0 spiro atoms. The molecule has 118 valence electrons. The number of benzene rings is 1. The second kappa shape index (κ2) is 8.37. The number of nitrogens with zero attached hydrogens (tertiary/aromatic N) is 1. The number of nitrogens with two attached hydrogens (primary N) is 1. The lowest BCUT2D eigenvalue weighted by molar-refractivity contribution is 0.0573. The van der Waals surface area contributed by atoms with Crippen LogP contribution in [-0.2, 0) is 11.3 Å². The first-order valence-corrected chi connectivity index (χ1v) is 7.24. The van der Waals surface area contributed by atoms with Crippen LogP contribution in [0.15, 0.2) is 24.3 Å². The van der Waals surface area contributed by atoms with Crippen LogP contribution in [0.25, 0.3) is 0 Å². The molecule has 0 aromatic heterocycles. The molecule has 0 radical (unpaired) electrons. The van der Waals surface area contributed by atoms with Crippen molar-refractivity contribution in [2.45, 2.75) is 32.4 Å².